The molecule has 0 saturated heterocycles. The van der Waals surface area contributed by atoms with Gasteiger partial charge in [0, 0.05) is 30.1 Å². The van der Waals surface area contributed by atoms with Crippen molar-refractivity contribution in [2.75, 3.05) is 13.1 Å². The number of para-hydroxylation sites is 1. The smallest absolute Gasteiger partial charge is 0.326 e. The second kappa shape index (κ2) is 14.2. The van der Waals surface area contributed by atoms with Crippen molar-refractivity contribution in [3.8, 4) is 0 Å². The van der Waals surface area contributed by atoms with Crippen molar-refractivity contribution >= 4 is 46.5 Å². The molecule has 0 aliphatic heterocycles. The maximum atomic E-state index is 12.8. The molecule has 3 atom stereocenters. The highest BCUT2D eigenvalue weighted by molar-refractivity contribution is 5.95. The number of primary amides is 1. The molecule has 13 N–H and O–H groups in total. The molecule has 0 spiro atoms. The lowest BCUT2D eigenvalue weighted by Crippen LogP contribution is -2.55. The number of amides is 4. The van der Waals surface area contributed by atoms with Crippen molar-refractivity contribution in [3.05, 3.63) is 36.0 Å². The molecule has 0 radical (unpaired) electrons. The van der Waals surface area contributed by atoms with Crippen LogP contribution in [0.4, 0.5) is 0 Å². The number of benzene rings is 1. The Morgan fingerprint density at radius 2 is 1.71 bits per heavy atom. The predicted octanol–water partition coefficient (Wildman–Crippen LogP) is -2.86. The summed E-state index contributed by atoms with van der Waals surface area (Å²) in [5.41, 5.74) is 22.9. The summed E-state index contributed by atoms with van der Waals surface area (Å²) in [6.45, 7) is -0.258. The fourth-order valence-corrected chi connectivity index (χ4v) is 3.60. The lowest BCUT2D eigenvalue weighted by atomic mass is 10.0. The van der Waals surface area contributed by atoms with Crippen molar-refractivity contribution in [1.82, 2.24) is 20.9 Å². The number of carbonyl (C=O) groups excluding carboxylic acids is 4. The highest BCUT2D eigenvalue weighted by atomic mass is 16.4. The van der Waals surface area contributed by atoms with Gasteiger partial charge in [-0.2, -0.15) is 0 Å². The minimum Gasteiger partial charge on any atom is -0.480 e. The van der Waals surface area contributed by atoms with Crippen LogP contribution in [0.5, 0.6) is 0 Å². The molecule has 0 aliphatic carbocycles. The van der Waals surface area contributed by atoms with Crippen LogP contribution in [0, 0.1) is 0 Å². The van der Waals surface area contributed by atoms with E-state index in [4.69, 9.17) is 22.9 Å². The second-order valence-electron chi connectivity index (χ2n) is 8.53. The van der Waals surface area contributed by atoms with Crippen LogP contribution in [-0.2, 0) is 30.4 Å². The zero-order valence-corrected chi connectivity index (χ0v) is 20.6. The molecule has 2 aromatic rings. The summed E-state index contributed by atoms with van der Waals surface area (Å²) >= 11 is 0. The zero-order valence-electron chi connectivity index (χ0n) is 20.6. The molecule has 0 aliphatic rings. The van der Waals surface area contributed by atoms with Crippen LogP contribution < -0.4 is 38.9 Å². The third-order valence-corrected chi connectivity index (χ3v) is 5.50. The van der Waals surface area contributed by atoms with E-state index in [1.807, 2.05) is 18.2 Å². The van der Waals surface area contributed by atoms with E-state index in [0.717, 1.165) is 10.9 Å². The average Bonchev–Trinajstić information content (AvgIpc) is 3.26. The average molecular weight is 532 g/mol. The van der Waals surface area contributed by atoms with Crippen LogP contribution in [0.25, 0.3) is 10.9 Å². The highest BCUT2D eigenvalue weighted by Crippen LogP contribution is 2.19. The van der Waals surface area contributed by atoms with Crippen LogP contribution in [0.15, 0.2) is 35.5 Å². The maximum absolute atomic E-state index is 12.8. The number of fused-ring (bicyclic) bond motifs is 1. The van der Waals surface area contributed by atoms with E-state index in [-0.39, 0.29) is 25.3 Å². The van der Waals surface area contributed by atoms with E-state index in [0.29, 0.717) is 12.0 Å². The standard InChI is InChI=1S/C23H33N9O6/c24-14(5-3-7-28-23(26)27)20(35)30-11-19(34)31-16(9-18(25)33)21(36)32-17(22(37)38)8-12-10-29-15-6-2-1-4-13(12)15/h1-2,4,6,10,14,16-17,29H,3,5,7-9,11,24H2,(H2,25,33)(H,30,35)(H,31,34)(H,32,36)(H,37,38)(H4,26,27,28). The van der Waals surface area contributed by atoms with E-state index in [1.54, 1.807) is 12.3 Å². The number of rotatable bonds is 15. The molecule has 0 fully saturated rings. The number of hydrogen-bond donors (Lipinski definition) is 9. The van der Waals surface area contributed by atoms with Gasteiger partial charge in [-0.3, -0.25) is 24.2 Å². The fourth-order valence-electron chi connectivity index (χ4n) is 3.60. The molecule has 15 nitrogen and oxygen atoms in total. The first kappa shape index (κ1) is 29.6. The SMILES string of the molecule is NC(=O)CC(NC(=O)CNC(=O)C(N)CCCN=C(N)N)C(=O)NC(Cc1c[nH]c2ccccc12)C(=O)O. The van der Waals surface area contributed by atoms with Gasteiger partial charge in [-0.25, -0.2) is 4.79 Å². The molecule has 2 rings (SSSR count). The molecular formula is C23H33N9O6. The summed E-state index contributed by atoms with van der Waals surface area (Å²) < 4.78 is 0. The Morgan fingerprint density at radius 1 is 1.00 bits per heavy atom. The summed E-state index contributed by atoms with van der Waals surface area (Å²) in [4.78, 5) is 67.4. The van der Waals surface area contributed by atoms with E-state index in [1.165, 1.54) is 0 Å². The summed E-state index contributed by atoms with van der Waals surface area (Å²) in [5, 5.41) is 17.4. The van der Waals surface area contributed by atoms with Crippen LogP contribution in [0.2, 0.25) is 0 Å². The van der Waals surface area contributed by atoms with Crippen LogP contribution in [-0.4, -0.2) is 76.9 Å². The van der Waals surface area contributed by atoms with Gasteiger partial charge in [-0.05, 0) is 24.5 Å². The number of aliphatic imine (C=N–C) groups is 1. The topological polar surface area (TPSA) is 274 Å². The molecule has 4 amide bonds. The Hall–Kier alpha value is -4.66. The number of aliphatic carboxylic acids is 1. The normalized spacial score (nSPS) is 13.1. The van der Waals surface area contributed by atoms with Crippen molar-refractivity contribution < 1.29 is 29.1 Å². The first-order chi connectivity index (χ1) is 18.0. The number of guanidine groups is 1. The van der Waals surface area contributed by atoms with Gasteiger partial charge in [0.15, 0.2) is 5.96 Å². The minimum absolute atomic E-state index is 0.0561. The van der Waals surface area contributed by atoms with Gasteiger partial charge in [0.25, 0.3) is 0 Å². The Kier molecular flexibility index (Phi) is 11.0. The lowest BCUT2D eigenvalue weighted by molar-refractivity contribution is -0.142. The molecule has 15 heteroatoms. The quantitative estimate of drug-likeness (QED) is 0.0648. The monoisotopic (exact) mass is 531 g/mol. The molecule has 38 heavy (non-hydrogen) atoms. The Bertz CT molecular complexity index is 1190. The summed E-state index contributed by atoms with van der Waals surface area (Å²) in [5.74, 6) is -4.65. The molecule has 206 valence electrons. The van der Waals surface area contributed by atoms with Gasteiger partial charge < -0.3 is 49.0 Å². The van der Waals surface area contributed by atoms with Gasteiger partial charge in [0.2, 0.25) is 23.6 Å². The van der Waals surface area contributed by atoms with Gasteiger partial charge >= 0.3 is 5.97 Å². The zero-order chi connectivity index (χ0) is 28.2. The number of H-pyrrole nitrogens is 1. The molecule has 1 aromatic heterocycles. The molecule has 0 saturated carbocycles. The second-order valence-corrected chi connectivity index (χ2v) is 8.53. The van der Waals surface area contributed by atoms with Crippen LogP contribution in [0.1, 0.15) is 24.8 Å². The number of hydrogen-bond acceptors (Lipinski definition) is 7. The number of carboxylic acids is 1. The van der Waals surface area contributed by atoms with Crippen LogP contribution in [0.3, 0.4) is 0 Å². The van der Waals surface area contributed by atoms with E-state index in [9.17, 15) is 29.1 Å². The summed E-state index contributed by atoms with van der Waals surface area (Å²) in [7, 11) is 0. The van der Waals surface area contributed by atoms with Crippen molar-refractivity contribution in [2.24, 2.45) is 27.9 Å². The van der Waals surface area contributed by atoms with Crippen molar-refractivity contribution in [3.63, 3.8) is 0 Å². The molecular weight excluding hydrogens is 498 g/mol. The Labute approximate surface area is 217 Å². The summed E-state index contributed by atoms with van der Waals surface area (Å²) in [6, 6.07) is 3.50. The maximum Gasteiger partial charge on any atom is 0.326 e. The Morgan fingerprint density at radius 3 is 2.37 bits per heavy atom. The number of nitrogens with one attached hydrogen (secondary N) is 4. The van der Waals surface area contributed by atoms with Crippen LogP contribution >= 0.6 is 0 Å². The third kappa shape index (κ3) is 9.42. The van der Waals surface area contributed by atoms with E-state index >= 15 is 0 Å². The number of carbonyl (C=O) groups is 5. The van der Waals surface area contributed by atoms with Crippen molar-refractivity contribution in [1.29, 1.82) is 0 Å². The number of aromatic amines is 1. The summed E-state index contributed by atoms with van der Waals surface area (Å²) in [6.07, 6.45) is 1.69. The van der Waals surface area contributed by atoms with Gasteiger partial charge in [-0.1, -0.05) is 18.2 Å². The number of nitrogens with two attached hydrogens (primary N) is 4. The van der Waals surface area contributed by atoms with E-state index in [2.05, 4.69) is 25.9 Å². The fraction of sp³-hybridized carbons (Fsp3) is 0.391. The molecule has 3 unspecified atom stereocenters. The van der Waals surface area contributed by atoms with Gasteiger partial charge in [-0.15, -0.1) is 0 Å². The third-order valence-electron chi connectivity index (χ3n) is 5.50. The largest absolute Gasteiger partial charge is 0.480 e. The first-order valence-corrected chi connectivity index (χ1v) is 11.7. The molecule has 0 bridgehead atoms. The van der Waals surface area contributed by atoms with Crippen molar-refractivity contribution in [2.45, 2.75) is 43.8 Å². The number of carboxylic acid groups (broad SMARTS) is 1. The number of aromatic nitrogens is 1. The number of nitrogens with zero attached hydrogens (tertiary/aromatic N) is 1. The first-order valence-electron chi connectivity index (χ1n) is 11.7. The van der Waals surface area contributed by atoms with E-state index < -0.39 is 60.7 Å². The minimum atomic E-state index is -1.46. The van der Waals surface area contributed by atoms with Gasteiger partial charge in [0.05, 0.1) is 19.0 Å². The molecule has 1 heterocycles. The predicted molar refractivity (Wildman–Crippen MR) is 138 cm³/mol. The molecule has 1 aromatic carbocycles. The Balaban J connectivity index is 1.95. The lowest BCUT2D eigenvalue weighted by Gasteiger charge is -2.21. The highest BCUT2D eigenvalue weighted by Gasteiger charge is 2.28. The van der Waals surface area contributed by atoms with Gasteiger partial charge in [0.1, 0.15) is 12.1 Å².